The van der Waals surface area contributed by atoms with E-state index >= 15 is 0 Å². The minimum absolute atomic E-state index is 0.572. The Hall–Kier alpha value is -1.75. The van der Waals surface area contributed by atoms with Crippen LogP contribution in [0.4, 0.5) is 11.7 Å². The van der Waals surface area contributed by atoms with Crippen LogP contribution in [-0.2, 0) is 0 Å². The first-order valence-corrected chi connectivity index (χ1v) is 7.16. The maximum atomic E-state index is 5.71. The Balaban J connectivity index is 1.76. The molecular weight excluding hydrogens is 252 g/mol. The number of fused-ring (bicyclic) bond motifs is 1. The van der Waals surface area contributed by atoms with Crippen LogP contribution in [0.3, 0.4) is 0 Å². The maximum absolute atomic E-state index is 5.71. The van der Waals surface area contributed by atoms with Crippen molar-refractivity contribution >= 4 is 22.8 Å². The highest BCUT2D eigenvalue weighted by Crippen LogP contribution is 2.20. The number of anilines is 2. The zero-order valence-corrected chi connectivity index (χ0v) is 12.5. The van der Waals surface area contributed by atoms with Gasteiger partial charge in [0.25, 0.3) is 6.01 Å². The number of rotatable bonds is 7. The minimum atomic E-state index is 0.572. The van der Waals surface area contributed by atoms with Gasteiger partial charge >= 0.3 is 0 Å². The van der Waals surface area contributed by atoms with Crippen LogP contribution in [-0.4, -0.2) is 36.1 Å². The molecule has 5 heteroatoms. The first-order chi connectivity index (χ1) is 9.56. The van der Waals surface area contributed by atoms with Crippen LogP contribution < -0.4 is 11.1 Å². The molecule has 1 heterocycles. The number of aromatic nitrogens is 1. The summed E-state index contributed by atoms with van der Waals surface area (Å²) >= 11 is 0. The standard InChI is InChI=1S/C15H24N4O/c1-11(2)19(3)9-5-4-8-17-15-18-13-7-6-12(16)10-14(13)20-15/h6-7,10-11H,4-5,8-9,16H2,1-3H3,(H,17,18). The van der Waals surface area contributed by atoms with Gasteiger partial charge in [-0.1, -0.05) is 0 Å². The normalized spacial score (nSPS) is 11.7. The summed E-state index contributed by atoms with van der Waals surface area (Å²) in [4.78, 5) is 6.72. The van der Waals surface area contributed by atoms with Crippen molar-refractivity contribution < 1.29 is 4.42 Å². The molecule has 0 saturated heterocycles. The Morgan fingerprint density at radius 1 is 1.35 bits per heavy atom. The molecule has 110 valence electrons. The van der Waals surface area contributed by atoms with E-state index < -0.39 is 0 Å². The molecular formula is C15H24N4O. The van der Waals surface area contributed by atoms with Gasteiger partial charge in [-0.25, -0.2) is 0 Å². The van der Waals surface area contributed by atoms with Gasteiger partial charge in [0, 0.05) is 24.3 Å². The molecule has 20 heavy (non-hydrogen) atoms. The molecule has 0 bridgehead atoms. The largest absolute Gasteiger partial charge is 0.423 e. The summed E-state index contributed by atoms with van der Waals surface area (Å²) in [7, 11) is 2.16. The topological polar surface area (TPSA) is 67.3 Å². The molecule has 1 aromatic heterocycles. The van der Waals surface area contributed by atoms with Gasteiger partial charge in [0.15, 0.2) is 5.58 Å². The molecule has 0 aliphatic heterocycles. The van der Waals surface area contributed by atoms with Crippen molar-refractivity contribution in [2.24, 2.45) is 0 Å². The van der Waals surface area contributed by atoms with E-state index in [1.165, 1.54) is 0 Å². The fourth-order valence-electron chi connectivity index (χ4n) is 1.96. The molecule has 2 aromatic rings. The van der Waals surface area contributed by atoms with E-state index in [-0.39, 0.29) is 0 Å². The monoisotopic (exact) mass is 276 g/mol. The molecule has 0 radical (unpaired) electrons. The fraction of sp³-hybridized carbons (Fsp3) is 0.533. The summed E-state index contributed by atoms with van der Waals surface area (Å²) in [6, 6.07) is 6.67. The average molecular weight is 276 g/mol. The Labute approximate surface area is 120 Å². The summed E-state index contributed by atoms with van der Waals surface area (Å²) < 4.78 is 5.60. The first-order valence-electron chi connectivity index (χ1n) is 7.16. The number of nitrogen functional groups attached to an aromatic ring is 1. The smallest absolute Gasteiger partial charge is 0.295 e. The van der Waals surface area contributed by atoms with Crippen LogP contribution in [0.1, 0.15) is 26.7 Å². The van der Waals surface area contributed by atoms with Gasteiger partial charge in [-0.05, 0) is 52.4 Å². The summed E-state index contributed by atoms with van der Waals surface area (Å²) in [6.45, 7) is 6.40. The Bertz CT molecular complexity index is 550. The predicted molar refractivity (Wildman–Crippen MR) is 83.9 cm³/mol. The van der Waals surface area contributed by atoms with E-state index in [0.29, 0.717) is 17.7 Å². The van der Waals surface area contributed by atoms with Crippen molar-refractivity contribution in [3.8, 4) is 0 Å². The minimum Gasteiger partial charge on any atom is -0.423 e. The zero-order valence-electron chi connectivity index (χ0n) is 12.5. The summed E-state index contributed by atoms with van der Waals surface area (Å²) in [5.41, 5.74) is 7.97. The van der Waals surface area contributed by atoms with Gasteiger partial charge < -0.3 is 20.4 Å². The van der Waals surface area contributed by atoms with Crippen molar-refractivity contribution in [2.75, 3.05) is 31.2 Å². The SMILES string of the molecule is CC(C)N(C)CCCCNc1nc2ccc(N)cc2o1. The Kier molecular flexibility index (Phi) is 4.84. The molecule has 0 spiro atoms. The van der Waals surface area contributed by atoms with E-state index in [1.807, 2.05) is 12.1 Å². The third kappa shape index (κ3) is 3.87. The second-order valence-electron chi connectivity index (χ2n) is 5.45. The van der Waals surface area contributed by atoms with Crippen molar-refractivity contribution in [3.05, 3.63) is 18.2 Å². The van der Waals surface area contributed by atoms with Crippen LogP contribution in [0.15, 0.2) is 22.6 Å². The van der Waals surface area contributed by atoms with Gasteiger partial charge in [-0.3, -0.25) is 0 Å². The van der Waals surface area contributed by atoms with E-state index in [1.54, 1.807) is 6.07 Å². The number of unbranched alkanes of at least 4 members (excludes halogenated alkanes) is 1. The van der Waals surface area contributed by atoms with Crippen LogP contribution in [0, 0.1) is 0 Å². The highest BCUT2D eigenvalue weighted by atomic mass is 16.4. The highest BCUT2D eigenvalue weighted by Gasteiger charge is 2.05. The summed E-state index contributed by atoms with van der Waals surface area (Å²) in [5, 5.41) is 3.22. The molecule has 0 saturated carbocycles. The lowest BCUT2D eigenvalue weighted by molar-refractivity contribution is 0.269. The Morgan fingerprint density at radius 2 is 2.15 bits per heavy atom. The molecule has 0 atom stereocenters. The Morgan fingerprint density at radius 3 is 2.90 bits per heavy atom. The first kappa shape index (κ1) is 14.7. The third-order valence-corrected chi connectivity index (χ3v) is 3.51. The lowest BCUT2D eigenvalue weighted by Crippen LogP contribution is -2.27. The van der Waals surface area contributed by atoms with Gasteiger partial charge in [0.05, 0.1) is 0 Å². The van der Waals surface area contributed by atoms with Gasteiger partial charge in [0.2, 0.25) is 0 Å². The molecule has 1 aromatic carbocycles. The lowest BCUT2D eigenvalue weighted by atomic mass is 10.2. The number of nitrogens with zero attached hydrogens (tertiary/aromatic N) is 2. The molecule has 0 amide bonds. The summed E-state index contributed by atoms with van der Waals surface area (Å²) in [5.74, 6) is 0. The van der Waals surface area contributed by atoms with Gasteiger partial charge in [0.1, 0.15) is 5.52 Å². The number of nitrogens with one attached hydrogen (secondary N) is 1. The van der Waals surface area contributed by atoms with Crippen molar-refractivity contribution in [3.63, 3.8) is 0 Å². The number of hydrogen-bond donors (Lipinski definition) is 2. The number of hydrogen-bond acceptors (Lipinski definition) is 5. The molecule has 0 fully saturated rings. The second kappa shape index (κ2) is 6.61. The molecule has 2 rings (SSSR count). The van der Waals surface area contributed by atoms with E-state index in [2.05, 4.69) is 36.1 Å². The van der Waals surface area contributed by atoms with E-state index in [9.17, 15) is 0 Å². The molecule has 0 aliphatic rings. The summed E-state index contributed by atoms with van der Waals surface area (Å²) in [6.07, 6.45) is 2.26. The maximum Gasteiger partial charge on any atom is 0.295 e. The van der Waals surface area contributed by atoms with E-state index in [4.69, 9.17) is 10.2 Å². The van der Waals surface area contributed by atoms with Crippen molar-refractivity contribution in [2.45, 2.75) is 32.7 Å². The van der Waals surface area contributed by atoms with Crippen molar-refractivity contribution in [1.29, 1.82) is 0 Å². The number of nitrogens with two attached hydrogens (primary N) is 1. The predicted octanol–water partition coefficient (Wildman–Crippen LogP) is 2.94. The molecule has 0 unspecified atom stereocenters. The average Bonchev–Trinajstić information content (AvgIpc) is 2.79. The number of oxazole rings is 1. The van der Waals surface area contributed by atoms with Gasteiger partial charge in [-0.15, -0.1) is 0 Å². The van der Waals surface area contributed by atoms with Crippen LogP contribution in [0.25, 0.3) is 11.1 Å². The second-order valence-corrected chi connectivity index (χ2v) is 5.45. The van der Waals surface area contributed by atoms with Crippen LogP contribution in [0.5, 0.6) is 0 Å². The van der Waals surface area contributed by atoms with Crippen LogP contribution >= 0.6 is 0 Å². The quantitative estimate of drug-likeness (QED) is 0.601. The lowest BCUT2D eigenvalue weighted by Gasteiger charge is -2.20. The van der Waals surface area contributed by atoms with E-state index in [0.717, 1.165) is 37.0 Å². The van der Waals surface area contributed by atoms with Crippen LogP contribution in [0.2, 0.25) is 0 Å². The third-order valence-electron chi connectivity index (χ3n) is 3.51. The highest BCUT2D eigenvalue weighted by molar-refractivity contribution is 5.77. The number of benzene rings is 1. The molecule has 3 N–H and O–H groups in total. The van der Waals surface area contributed by atoms with Crippen molar-refractivity contribution in [1.82, 2.24) is 9.88 Å². The molecule has 0 aliphatic carbocycles. The molecule has 5 nitrogen and oxygen atoms in total. The fourth-order valence-corrected chi connectivity index (χ4v) is 1.96. The zero-order chi connectivity index (χ0) is 14.5. The van der Waals surface area contributed by atoms with Gasteiger partial charge in [-0.2, -0.15) is 4.98 Å².